The summed E-state index contributed by atoms with van der Waals surface area (Å²) in [4.78, 5) is 22.7. The maximum absolute atomic E-state index is 13.1. The second kappa shape index (κ2) is 10.1. The summed E-state index contributed by atoms with van der Waals surface area (Å²) < 4.78 is 11.1. The number of ether oxygens (including phenoxy) is 2. The Kier molecular flexibility index (Phi) is 6.83. The van der Waals surface area contributed by atoms with Gasteiger partial charge >= 0.3 is 0 Å². The third-order valence-electron chi connectivity index (χ3n) is 5.97. The molecule has 1 aliphatic heterocycles. The topological polar surface area (TPSA) is 140 Å². The molecular weight excluding hydrogens is 444 g/mol. The summed E-state index contributed by atoms with van der Waals surface area (Å²) in [5.74, 6) is 1.15. The summed E-state index contributed by atoms with van der Waals surface area (Å²) in [6.07, 6.45) is 5.85. The second-order valence-corrected chi connectivity index (χ2v) is 8.08. The van der Waals surface area contributed by atoms with E-state index in [1.165, 1.54) is 13.2 Å². The van der Waals surface area contributed by atoms with Crippen molar-refractivity contribution in [3.63, 3.8) is 0 Å². The number of nitrogens with zero attached hydrogens (tertiary/aromatic N) is 4. The number of nitrogens with two attached hydrogens (primary N) is 2. The van der Waals surface area contributed by atoms with Gasteiger partial charge in [0.15, 0.2) is 11.5 Å². The summed E-state index contributed by atoms with van der Waals surface area (Å²) in [7, 11) is 3.08. The molecule has 2 heterocycles. The van der Waals surface area contributed by atoms with Crippen molar-refractivity contribution in [2.24, 2.45) is 0 Å². The van der Waals surface area contributed by atoms with Crippen molar-refractivity contribution in [3.05, 3.63) is 76.5 Å². The lowest BCUT2D eigenvalue weighted by Crippen LogP contribution is -2.38. The van der Waals surface area contributed by atoms with Crippen molar-refractivity contribution < 1.29 is 14.3 Å². The molecule has 1 amide bonds. The van der Waals surface area contributed by atoms with E-state index in [1.807, 2.05) is 36.4 Å². The number of methoxy groups -OCH3 is 2. The number of aromatic nitrogens is 2. The SMILES string of the molecule is COc1cc(Cc2cnc(N)nc2N)cc(/C=C/C(=O)N2CCc3ccccc3[C@H]2C#N)c1OC. The zero-order chi connectivity index (χ0) is 24.9. The first-order valence-electron chi connectivity index (χ1n) is 11.0. The molecule has 0 spiro atoms. The van der Waals surface area contributed by atoms with Gasteiger partial charge in [-0.05, 0) is 41.3 Å². The minimum Gasteiger partial charge on any atom is -0.493 e. The van der Waals surface area contributed by atoms with Gasteiger partial charge in [-0.3, -0.25) is 4.79 Å². The number of anilines is 2. The average Bonchev–Trinajstić information content (AvgIpc) is 2.87. The molecule has 35 heavy (non-hydrogen) atoms. The van der Waals surface area contributed by atoms with Crippen LogP contribution in [-0.4, -0.2) is 41.5 Å². The molecule has 1 aliphatic rings. The Morgan fingerprint density at radius 1 is 1.26 bits per heavy atom. The molecule has 0 bridgehead atoms. The standard InChI is InChI=1S/C26H26N6O3/c1-34-22-13-16(12-19-15-30-26(29)31-25(19)28)11-18(24(22)35-2)7-8-23(33)32-10-9-17-5-3-4-6-20(17)21(32)14-27/h3-8,11,13,15,21H,9-10,12H2,1-2H3,(H4,28,29,30,31)/b8-7+/t21-/m1/s1. The lowest BCUT2D eigenvalue weighted by atomic mass is 9.93. The molecule has 1 atom stereocenters. The summed E-state index contributed by atoms with van der Waals surface area (Å²) in [5, 5.41) is 9.78. The number of benzene rings is 2. The summed E-state index contributed by atoms with van der Waals surface area (Å²) in [5.41, 5.74) is 15.8. The highest BCUT2D eigenvalue weighted by molar-refractivity contribution is 5.93. The molecule has 9 heteroatoms. The average molecular weight is 471 g/mol. The number of fused-ring (bicyclic) bond motifs is 1. The Morgan fingerprint density at radius 3 is 2.77 bits per heavy atom. The number of rotatable bonds is 6. The number of amides is 1. The molecule has 0 saturated heterocycles. The fourth-order valence-corrected chi connectivity index (χ4v) is 4.27. The lowest BCUT2D eigenvalue weighted by molar-refractivity contribution is -0.127. The Bertz CT molecular complexity index is 1330. The molecular formula is C26H26N6O3. The lowest BCUT2D eigenvalue weighted by Gasteiger charge is -2.32. The molecule has 0 aliphatic carbocycles. The Labute approximate surface area is 203 Å². The fraction of sp³-hybridized carbons (Fsp3) is 0.231. The molecule has 9 nitrogen and oxygen atoms in total. The van der Waals surface area contributed by atoms with E-state index >= 15 is 0 Å². The van der Waals surface area contributed by atoms with Gasteiger partial charge in [0.2, 0.25) is 11.9 Å². The van der Waals surface area contributed by atoms with Crippen molar-refractivity contribution in [2.75, 3.05) is 32.2 Å². The van der Waals surface area contributed by atoms with Crippen molar-refractivity contribution in [1.82, 2.24) is 14.9 Å². The Balaban J connectivity index is 1.63. The van der Waals surface area contributed by atoms with Crippen LogP contribution in [0.3, 0.4) is 0 Å². The number of nitrogen functional groups attached to an aromatic ring is 2. The smallest absolute Gasteiger partial charge is 0.247 e. The van der Waals surface area contributed by atoms with Crippen LogP contribution < -0.4 is 20.9 Å². The van der Waals surface area contributed by atoms with Crippen molar-refractivity contribution in [1.29, 1.82) is 5.26 Å². The summed E-state index contributed by atoms with van der Waals surface area (Å²) in [6.45, 7) is 0.468. The van der Waals surface area contributed by atoms with Gasteiger partial charge in [-0.1, -0.05) is 24.3 Å². The first kappa shape index (κ1) is 23.6. The van der Waals surface area contributed by atoms with E-state index < -0.39 is 6.04 Å². The second-order valence-electron chi connectivity index (χ2n) is 8.08. The van der Waals surface area contributed by atoms with Crippen LogP contribution in [0.15, 0.2) is 48.7 Å². The van der Waals surface area contributed by atoms with Gasteiger partial charge in [0, 0.05) is 36.4 Å². The third kappa shape index (κ3) is 4.87. The molecule has 0 fully saturated rings. The van der Waals surface area contributed by atoms with Crippen LogP contribution in [0.25, 0.3) is 6.08 Å². The normalized spacial score (nSPS) is 14.9. The van der Waals surface area contributed by atoms with Crippen LogP contribution in [0.2, 0.25) is 0 Å². The first-order chi connectivity index (χ1) is 16.9. The van der Waals surface area contributed by atoms with Crippen molar-refractivity contribution in [3.8, 4) is 17.6 Å². The largest absolute Gasteiger partial charge is 0.493 e. The van der Waals surface area contributed by atoms with E-state index in [1.54, 1.807) is 24.3 Å². The van der Waals surface area contributed by atoms with E-state index in [9.17, 15) is 10.1 Å². The van der Waals surface area contributed by atoms with E-state index in [0.29, 0.717) is 47.8 Å². The highest BCUT2D eigenvalue weighted by Gasteiger charge is 2.29. The Hall–Kier alpha value is -4.58. The first-order valence-corrected chi connectivity index (χ1v) is 11.0. The quantitative estimate of drug-likeness (QED) is 0.524. The van der Waals surface area contributed by atoms with Crippen LogP contribution in [0.5, 0.6) is 11.5 Å². The summed E-state index contributed by atoms with van der Waals surface area (Å²) in [6, 6.07) is 13.1. The van der Waals surface area contributed by atoms with Gasteiger partial charge < -0.3 is 25.8 Å². The minimum atomic E-state index is -0.631. The van der Waals surface area contributed by atoms with E-state index in [2.05, 4.69) is 16.0 Å². The molecule has 1 aromatic heterocycles. The predicted octanol–water partition coefficient (Wildman–Crippen LogP) is 2.91. The van der Waals surface area contributed by atoms with Crippen LogP contribution in [0.4, 0.5) is 11.8 Å². The fourth-order valence-electron chi connectivity index (χ4n) is 4.27. The van der Waals surface area contributed by atoms with Gasteiger partial charge in [-0.25, -0.2) is 4.98 Å². The monoisotopic (exact) mass is 470 g/mol. The van der Waals surface area contributed by atoms with Crippen molar-refractivity contribution >= 4 is 23.7 Å². The van der Waals surface area contributed by atoms with Crippen molar-refractivity contribution in [2.45, 2.75) is 18.9 Å². The molecule has 178 valence electrons. The van der Waals surface area contributed by atoms with Crippen LogP contribution in [0.1, 0.15) is 33.9 Å². The van der Waals surface area contributed by atoms with Gasteiger partial charge in [0.05, 0.1) is 20.3 Å². The van der Waals surface area contributed by atoms with Crippen LogP contribution >= 0.6 is 0 Å². The highest BCUT2D eigenvalue weighted by atomic mass is 16.5. The molecule has 2 aromatic carbocycles. The molecule has 4 N–H and O–H groups in total. The highest BCUT2D eigenvalue weighted by Crippen LogP contribution is 2.35. The molecule has 0 unspecified atom stereocenters. The maximum atomic E-state index is 13.1. The van der Waals surface area contributed by atoms with Gasteiger partial charge in [-0.2, -0.15) is 10.2 Å². The number of nitriles is 1. The third-order valence-corrected chi connectivity index (χ3v) is 5.97. The number of hydrogen-bond donors (Lipinski definition) is 2. The number of carbonyl (C=O) groups excluding carboxylic acids is 1. The van der Waals surface area contributed by atoms with Crippen LogP contribution in [-0.2, 0) is 17.6 Å². The van der Waals surface area contributed by atoms with E-state index in [-0.39, 0.29) is 11.9 Å². The molecule has 0 radical (unpaired) electrons. The number of hydrogen-bond acceptors (Lipinski definition) is 8. The molecule has 4 rings (SSSR count). The van der Waals surface area contributed by atoms with Gasteiger partial charge in [0.1, 0.15) is 11.9 Å². The minimum absolute atomic E-state index is 0.108. The van der Waals surface area contributed by atoms with E-state index in [4.69, 9.17) is 20.9 Å². The van der Waals surface area contributed by atoms with Gasteiger partial charge in [0.25, 0.3) is 0 Å². The molecule has 3 aromatic rings. The van der Waals surface area contributed by atoms with Gasteiger partial charge in [-0.15, -0.1) is 0 Å². The van der Waals surface area contributed by atoms with E-state index in [0.717, 1.165) is 16.7 Å². The predicted molar refractivity (Wildman–Crippen MR) is 132 cm³/mol. The zero-order valence-corrected chi connectivity index (χ0v) is 19.6. The Morgan fingerprint density at radius 2 is 2.06 bits per heavy atom. The molecule has 0 saturated carbocycles. The van der Waals surface area contributed by atoms with Crippen LogP contribution in [0, 0.1) is 11.3 Å². The number of carbonyl (C=O) groups is 1. The maximum Gasteiger partial charge on any atom is 0.247 e. The summed E-state index contributed by atoms with van der Waals surface area (Å²) >= 11 is 0. The zero-order valence-electron chi connectivity index (χ0n) is 19.6.